The molecule has 3 aromatic rings. The minimum Gasteiger partial charge on any atom is -0.368 e. The molecule has 2 fully saturated rings. The van der Waals surface area contributed by atoms with Crippen LogP contribution in [0.1, 0.15) is 37.8 Å². The number of carbonyl (C=O) groups is 2. The van der Waals surface area contributed by atoms with Gasteiger partial charge in [-0.15, -0.1) is 0 Å². The second kappa shape index (κ2) is 10.2. The summed E-state index contributed by atoms with van der Waals surface area (Å²) < 4.78 is 1.97. The molecular formula is C26H29Cl2N5O2. The Morgan fingerprint density at radius 1 is 1.23 bits per heavy atom. The van der Waals surface area contributed by atoms with Gasteiger partial charge in [0.15, 0.2) is 0 Å². The fourth-order valence-corrected chi connectivity index (χ4v) is 5.86. The fourth-order valence-electron chi connectivity index (χ4n) is 5.29. The van der Waals surface area contributed by atoms with Crippen LogP contribution in [0.15, 0.2) is 42.6 Å². The number of fused-ring (bicyclic) bond motifs is 1. The zero-order chi connectivity index (χ0) is 24.5. The Morgan fingerprint density at radius 3 is 2.83 bits per heavy atom. The van der Waals surface area contributed by atoms with Gasteiger partial charge in [-0.1, -0.05) is 29.3 Å². The number of rotatable bonds is 6. The molecule has 2 aliphatic rings. The number of aldehydes is 1. The SMILES string of the molecule is CC(c1ccc(Cl)cc1Cl)n1ncc2ccc(N3CCN(C(=O)[C@H]4CCCN4)C(CC=O)C3)cc21. The number of benzene rings is 2. The standard InChI is InChI=1S/C26H29Cl2N5O2/c1-17(22-7-5-19(27)13-23(22)28)33-25-14-20(6-4-18(25)15-30-33)31-10-11-32(21(16-31)8-12-34)26(35)24-3-2-9-29-24/h4-7,12-15,17,21,24,29H,2-3,8-11,16H2,1H3/t17?,21?,24-/m1/s1. The molecule has 3 heterocycles. The normalized spacial score (nSPS) is 21.5. The lowest BCUT2D eigenvalue weighted by Crippen LogP contribution is -2.58. The molecule has 2 saturated heterocycles. The molecule has 35 heavy (non-hydrogen) atoms. The maximum atomic E-state index is 13.1. The second-order valence-electron chi connectivity index (χ2n) is 9.36. The molecule has 2 aliphatic heterocycles. The predicted molar refractivity (Wildman–Crippen MR) is 139 cm³/mol. The smallest absolute Gasteiger partial charge is 0.240 e. The van der Waals surface area contributed by atoms with Crippen LogP contribution in [0.3, 0.4) is 0 Å². The Kier molecular flexibility index (Phi) is 7.00. The lowest BCUT2D eigenvalue weighted by molar-refractivity contribution is -0.136. The van der Waals surface area contributed by atoms with Crippen molar-refractivity contribution in [3.05, 3.63) is 58.2 Å². The number of amides is 1. The molecular weight excluding hydrogens is 485 g/mol. The first-order valence-electron chi connectivity index (χ1n) is 12.1. The molecule has 1 aromatic heterocycles. The molecule has 0 saturated carbocycles. The van der Waals surface area contributed by atoms with Crippen molar-refractivity contribution in [3.63, 3.8) is 0 Å². The van der Waals surface area contributed by atoms with Gasteiger partial charge in [0.1, 0.15) is 6.29 Å². The first-order chi connectivity index (χ1) is 17.0. The van der Waals surface area contributed by atoms with Crippen LogP contribution in [0.5, 0.6) is 0 Å². The number of carbonyl (C=O) groups excluding carboxylic acids is 2. The van der Waals surface area contributed by atoms with Crippen molar-refractivity contribution in [2.75, 3.05) is 31.1 Å². The molecule has 1 N–H and O–H groups in total. The summed E-state index contributed by atoms with van der Waals surface area (Å²) >= 11 is 12.6. The van der Waals surface area contributed by atoms with Crippen molar-refractivity contribution in [2.45, 2.75) is 44.3 Å². The van der Waals surface area contributed by atoms with Crippen LogP contribution in [0.25, 0.3) is 10.9 Å². The molecule has 184 valence electrons. The van der Waals surface area contributed by atoms with Gasteiger partial charge in [0.2, 0.25) is 5.91 Å². The number of hydrogen-bond acceptors (Lipinski definition) is 5. The van der Waals surface area contributed by atoms with E-state index in [1.165, 1.54) is 0 Å². The summed E-state index contributed by atoms with van der Waals surface area (Å²) in [5.41, 5.74) is 3.00. The van der Waals surface area contributed by atoms with E-state index in [0.29, 0.717) is 36.1 Å². The van der Waals surface area contributed by atoms with Gasteiger partial charge in [-0.25, -0.2) is 0 Å². The zero-order valence-electron chi connectivity index (χ0n) is 19.7. The van der Waals surface area contributed by atoms with Gasteiger partial charge in [0.05, 0.1) is 29.8 Å². The van der Waals surface area contributed by atoms with Gasteiger partial charge < -0.3 is 19.9 Å². The molecule has 0 radical (unpaired) electrons. The third-order valence-corrected chi connectivity index (χ3v) is 7.78. The molecule has 2 aromatic carbocycles. The minimum atomic E-state index is -0.136. The van der Waals surface area contributed by atoms with E-state index >= 15 is 0 Å². The monoisotopic (exact) mass is 513 g/mol. The molecule has 0 bridgehead atoms. The van der Waals surface area contributed by atoms with Crippen LogP contribution in [-0.4, -0.2) is 65.1 Å². The zero-order valence-corrected chi connectivity index (χ0v) is 21.2. The summed E-state index contributed by atoms with van der Waals surface area (Å²) in [4.78, 5) is 28.7. The maximum absolute atomic E-state index is 13.1. The van der Waals surface area contributed by atoms with Gasteiger partial charge in [-0.05, 0) is 62.2 Å². The number of nitrogens with one attached hydrogen (secondary N) is 1. The number of hydrogen-bond donors (Lipinski definition) is 1. The van der Waals surface area contributed by atoms with Crippen molar-refractivity contribution in [2.24, 2.45) is 0 Å². The third kappa shape index (κ3) is 4.77. The first-order valence-corrected chi connectivity index (χ1v) is 12.9. The maximum Gasteiger partial charge on any atom is 0.240 e. The molecule has 3 atom stereocenters. The van der Waals surface area contributed by atoms with E-state index in [4.69, 9.17) is 23.2 Å². The van der Waals surface area contributed by atoms with Gasteiger partial charge in [0, 0.05) is 47.2 Å². The quantitative estimate of drug-likeness (QED) is 0.497. The van der Waals surface area contributed by atoms with Gasteiger partial charge >= 0.3 is 0 Å². The van der Waals surface area contributed by atoms with E-state index in [-0.39, 0.29) is 24.0 Å². The highest BCUT2D eigenvalue weighted by atomic mass is 35.5. The first kappa shape index (κ1) is 24.1. The van der Waals surface area contributed by atoms with Crippen LogP contribution < -0.4 is 10.2 Å². The van der Waals surface area contributed by atoms with Crippen LogP contribution in [0.2, 0.25) is 10.0 Å². The van der Waals surface area contributed by atoms with Gasteiger partial charge in [-0.3, -0.25) is 9.48 Å². The Labute approximate surface area is 215 Å². The lowest BCUT2D eigenvalue weighted by atomic mass is 10.1. The highest BCUT2D eigenvalue weighted by Crippen LogP contribution is 2.32. The van der Waals surface area contributed by atoms with Crippen LogP contribution in [0, 0.1) is 0 Å². The Hall–Kier alpha value is -2.61. The summed E-state index contributed by atoms with van der Waals surface area (Å²) in [7, 11) is 0. The molecule has 5 rings (SSSR count). The predicted octanol–water partition coefficient (Wildman–Crippen LogP) is 4.31. The number of piperazine rings is 1. The van der Waals surface area contributed by atoms with Gasteiger partial charge in [0.25, 0.3) is 0 Å². The van der Waals surface area contributed by atoms with Gasteiger partial charge in [-0.2, -0.15) is 5.10 Å². The fraction of sp³-hybridized carbons (Fsp3) is 0.423. The summed E-state index contributed by atoms with van der Waals surface area (Å²) in [5, 5.41) is 10.2. The Balaban J connectivity index is 1.40. The van der Waals surface area contributed by atoms with E-state index in [1.807, 2.05) is 27.9 Å². The average Bonchev–Trinajstić information content (AvgIpc) is 3.53. The third-order valence-electron chi connectivity index (χ3n) is 7.22. The van der Waals surface area contributed by atoms with E-state index < -0.39 is 0 Å². The molecule has 0 aliphatic carbocycles. The summed E-state index contributed by atoms with van der Waals surface area (Å²) in [6, 6.07) is 11.5. The van der Waals surface area contributed by atoms with Crippen molar-refractivity contribution in [1.82, 2.24) is 20.0 Å². The van der Waals surface area contributed by atoms with E-state index in [2.05, 4.69) is 40.4 Å². The second-order valence-corrected chi connectivity index (χ2v) is 10.2. The highest BCUT2D eigenvalue weighted by molar-refractivity contribution is 6.35. The minimum absolute atomic E-state index is 0.0799. The van der Waals surface area contributed by atoms with Crippen molar-refractivity contribution >= 4 is 52.0 Å². The number of halogens is 2. The highest BCUT2D eigenvalue weighted by Gasteiger charge is 2.35. The molecule has 2 unspecified atom stereocenters. The van der Waals surface area contributed by atoms with Crippen molar-refractivity contribution in [1.29, 1.82) is 0 Å². The topological polar surface area (TPSA) is 70.5 Å². The van der Waals surface area contributed by atoms with Crippen LogP contribution in [0.4, 0.5) is 5.69 Å². The van der Waals surface area contributed by atoms with Crippen LogP contribution >= 0.6 is 23.2 Å². The molecule has 9 heteroatoms. The summed E-state index contributed by atoms with van der Waals surface area (Å²) in [6.07, 6.45) is 5.00. The lowest BCUT2D eigenvalue weighted by Gasteiger charge is -2.43. The van der Waals surface area contributed by atoms with E-state index in [1.54, 1.807) is 6.07 Å². The summed E-state index contributed by atoms with van der Waals surface area (Å²) in [6.45, 7) is 4.88. The van der Waals surface area contributed by atoms with E-state index in [0.717, 1.165) is 47.8 Å². The largest absolute Gasteiger partial charge is 0.368 e. The number of aromatic nitrogens is 2. The van der Waals surface area contributed by atoms with Crippen molar-refractivity contribution in [3.8, 4) is 0 Å². The molecule has 0 spiro atoms. The molecule has 7 nitrogen and oxygen atoms in total. The molecule has 1 amide bonds. The average molecular weight is 514 g/mol. The summed E-state index contributed by atoms with van der Waals surface area (Å²) in [5.74, 6) is 0.121. The van der Waals surface area contributed by atoms with Crippen LogP contribution in [-0.2, 0) is 9.59 Å². The Bertz CT molecular complexity index is 1240. The number of anilines is 1. The van der Waals surface area contributed by atoms with E-state index in [9.17, 15) is 9.59 Å². The number of nitrogens with zero attached hydrogens (tertiary/aromatic N) is 4. The van der Waals surface area contributed by atoms with Crippen molar-refractivity contribution < 1.29 is 9.59 Å². The Morgan fingerprint density at radius 2 is 2.09 bits per heavy atom.